The van der Waals surface area contributed by atoms with Gasteiger partial charge in [-0.25, -0.2) is 0 Å². The highest BCUT2D eigenvalue weighted by Gasteiger charge is 2.11. The molecule has 0 aromatic heterocycles. The molecule has 3 rings (SSSR count). The van der Waals surface area contributed by atoms with Crippen LogP contribution in [-0.2, 0) is 0 Å². The highest BCUT2D eigenvalue weighted by Crippen LogP contribution is 2.31. The number of benzene rings is 2. The van der Waals surface area contributed by atoms with Crippen molar-refractivity contribution in [3.8, 4) is 0 Å². The topological polar surface area (TPSA) is 12.0 Å². The summed E-state index contributed by atoms with van der Waals surface area (Å²) in [6.45, 7) is 37.4. The van der Waals surface area contributed by atoms with Crippen molar-refractivity contribution >= 4 is 11.3 Å². The lowest BCUT2D eigenvalue weighted by molar-refractivity contribution is 1.09. The third-order valence-electron chi connectivity index (χ3n) is 8.73. The predicted octanol–water partition coefficient (Wildman–Crippen LogP) is 17.2. The van der Waals surface area contributed by atoms with E-state index in [-0.39, 0.29) is 0 Å². The molecule has 0 saturated carbocycles. The number of rotatable bonds is 11. The Kier molecular flexibility index (Phi) is 30.4. The standard InChI is InChI=1S/C28H32.C15H21N.C6H12.2C2H6/c1-7-9-13-21(3)22(4)16-17-26-20-24(6)25(12-8-2)18-19-28(26)27-15-11-10-14-23(27)5;1-5-7-8-14(6-2)16-15-10-9-12(3)13(4)11-15;1-4-6(3)5-2;2*1-2/h7,9-20H,1,8H2,2-6H3;6-11,16H,5H2,1-4H3;4H,5H2,1-3H3;2*1-2H3/b13-9+,17-16-,22-21-,25-12-;8-7-,14-6+;6-4-;;. The second-order valence-corrected chi connectivity index (χ2v) is 12.7. The van der Waals surface area contributed by atoms with E-state index in [1.165, 1.54) is 67.7 Å². The molecule has 2 aromatic carbocycles. The molecule has 0 unspecified atom stereocenters. The molecule has 2 aromatic rings. The molecule has 0 atom stereocenters. The van der Waals surface area contributed by atoms with Crippen molar-refractivity contribution in [1.82, 2.24) is 0 Å². The highest BCUT2D eigenvalue weighted by molar-refractivity contribution is 5.84. The minimum absolute atomic E-state index is 1.03. The van der Waals surface area contributed by atoms with Crippen LogP contribution in [0.5, 0.6) is 0 Å². The van der Waals surface area contributed by atoms with Gasteiger partial charge in [-0.15, -0.1) is 0 Å². The van der Waals surface area contributed by atoms with Crippen LogP contribution in [0.2, 0.25) is 0 Å². The molecule has 0 radical (unpaired) electrons. The third-order valence-corrected chi connectivity index (χ3v) is 8.73. The molecule has 0 aliphatic heterocycles. The Morgan fingerprint density at radius 3 is 1.89 bits per heavy atom. The summed E-state index contributed by atoms with van der Waals surface area (Å²) < 4.78 is 0. The summed E-state index contributed by atoms with van der Waals surface area (Å²) in [5.74, 6) is 0. The van der Waals surface area contributed by atoms with E-state index in [9.17, 15) is 0 Å². The SMILES string of the molecule is C/C=C(/C)CC.C/C=C(\C=C/CC)Nc1ccc(C)c(C)c1.C=C/C=C/C(C)=C(C)\C=C/C1=C(c2ccccc2C)C=C/C(=C/CC)C(C)=C1.CC.CC. The Hall–Kier alpha value is -4.62. The van der Waals surface area contributed by atoms with Crippen LogP contribution >= 0.6 is 0 Å². The van der Waals surface area contributed by atoms with Gasteiger partial charge in [0.05, 0.1) is 0 Å². The quantitative estimate of drug-likeness (QED) is 0.179. The molecule has 54 heavy (non-hydrogen) atoms. The average Bonchev–Trinajstić information content (AvgIpc) is 3.35. The van der Waals surface area contributed by atoms with E-state index < -0.39 is 0 Å². The number of hydrogen-bond acceptors (Lipinski definition) is 1. The summed E-state index contributed by atoms with van der Waals surface area (Å²) in [7, 11) is 0. The maximum atomic E-state index is 3.75. The smallest absolute Gasteiger partial charge is 0.0386 e. The van der Waals surface area contributed by atoms with Crippen molar-refractivity contribution in [1.29, 1.82) is 0 Å². The maximum absolute atomic E-state index is 3.75. The molecule has 1 aliphatic carbocycles. The zero-order chi connectivity index (χ0) is 41.5. The van der Waals surface area contributed by atoms with E-state index in [0.29, 0.717) is 0 Å². The van der Waals surface area contributed by atoms with Crippen molar-refractivity contribution in [3.63, 3.8) is 0 Å². The van der Waals surface area contributed by atoms with Gasteiger partial charge in [-0.2, -0.15) is 0 Å². The minimum atomic E-state index is 1.03. The van der Waals surface area contributed by atoms with Crippen LogP contribution in [0.25, 0.3) is 5.57 Å². The fourth-order valence-electron chi connectivity index (χ4n) is 4.84. The van der Waals surface area contributed by atoms with Crippen molar-refractivity contribution < 1.29 is 0 Å². The summed E-state index contributed by atoms with van der Waals surface area (Å²) >= 11 is 0. The second kappa shape index (κ2) is 31.9. The first-order valence-electron chi connectivity index (χ1n) is 20.3. The Morgan fingerprint density at radius 2 is 1.37 bits per heavy atom. The van der Waals surface area contributed by atoms with E-state index in [0.717, 1.165) is 24.2 Å². The first kappa shape index (κ1) is 51.5. The van der Waals surface area contributed by atoms with E-state index >= 15 is 0 Å². The summed E-state index contributed by atoms with van der Waals surface area (Å²) in [6.07, 6.45) is 31.2. The molecule has 0 saturated heterocycles. The zero-order valence-corrected chi connectivity index (χ0v) is 37.4. The lowest BCUT2D eigenvalue weighted by Gasteiger charge is -2.10. The van der Waals surface area contributed by atoms with E-state index in [1.54, 1.807) is 0 Å². The summed E-state index contributed by atoms with van der Waals surface area (Å²) in [5.41, 5.74) is 16.6. The zero-order valence-electron chi connectivity index (χ0n) is 37.4. The van der Waals surface area contributed by atoms with Gasteiger partial charge in [0.2, 0.25) is 0 Å². The van der Waals surface area contributed by atoms with Crippen LogP contribution in [0, 0.1) is 20.8 Å². The van der Waals surface area contributed by atoms with Crippen LogP contribution in [0.4, 0.5) is 5.69 Å². The minimum Gasteiger partial charge on any atom is -0.356 e. The highest BCUT2D eigenvalue weighted by atomic mass is 14.9. The van der Waals surface area contributed by atoms with Crippen LogP contribution in [0.1, 0.15) is 132 Å². The number of anilines is 1. The Morgan fingerprint density at radius 1 is 0.722 bits per heavy atom. The molecular weight excluding hydrogens is 651 g/mol. The van der Waals surface area contributed by atoms with E-state index in [4.69, 9.17) is 0 Å². The molecule has 1 N–H and O–H groups in total. The average molecular weight is 728 g/mol. The predicted molar refractivity (Wildman–Crippen MR) is 251 cm³/mol. The molecule has 1 aliphatic rings. The van der Waals surface area contributed by atoms with Crippen molar-refractivity contribution in [2.45, 2.75) is 130 Å². The molecule has 0 spiro atoms. The van der Waals surface area contributed by atoms with Crippen molar-refractivity contribution in [2.75, 3.05) is 5.32 Å². The van der Waals surface area contributed by atoms with Gasteiger partial charge >= 0.3 is 0 Å². The molecule has 0 amide bonds. The monoisotopic (exact) mass is 728 g/mol. The van der Waals surface area contributed by atoms with Crippen molar-refractivity contribution in [2.24, 2.45) is 0 Å². The van der Waals surface area contributed by atoms with Crippen LogP contribution in [-0.4, -0.2) is 0 Å². The lowest BCUT2D eigenvalue weighted by atomic mass is 9.95. The summed E-state index contributed by atoms with van der Waals surface area (Å²) in [6, 6.07) is 15.0. The van der Waals surface area contributed by atoms with Crippen LogP contribution < -0.4 is 5.32 Å². The fraction of sp³-hybridized carbons (Fsp3) is 0.358. The number of aryl methyl sites for hydroxylation is 3. The largest absolute Gasteiger partial charge is 0.356 e. The normalized spacial score (nSPS) is 14.1. The van der Waals surface area contributed by atoms with Crippen molar-refractivity contribution in [3.05, 3.63) is 189 Å². The van der Waals surface area contributed by atoms with Crippen LogP contribution in [0.3, 0.4) is 0 Å². The van der Waals surface area contributed by atoms with E-state index in [2.05, 4.69) is 197 Å². The maximum Gasteiger partial charge on any atom is 0.0386 e. The van der Waals surface area contributed by atoms with Gasteiger partial charge < -0.3 is 5.32 Å². The van der Waals surface area contributed by atoms with Gasteiger partial charge in [-0.05, 0) is 155 Å². The lowest BCUT2D eigenvalue weighted by Crippen LogP contribution is -1.97. The molecular formula is C53H77N. The third kappa shape index (κ3) is 20.6. The molecule has 1 heteroatoms. The number of allylic oxidation sites excluding steroid dienone is 20. The number of hydrogen-bond donors (Lipinski definition) is 1. The Balaban J connectivity index is 0. The fourth-order valence-corrected chi connectivity index (χ4v) is 4.84. The molecule has 0 fully saturated rings. The summed E-state index contributed by atoms with van der Waals surface area (Å²) in [5, 5.41) is 3.41. The first-order valence-corrected chi connectivity index (χ1v) is 20.3. The molecule has 1 nitrogen and oxygen atoms in total. The van der Waals surface area contributed by atoms with Gasteiger partial charge in [0.1, 0.15) is 0 Å². The summed E-state index contributed by atoms with van der Waals surface area (Å²) in [4.78, 5) is 0. The van der Waals surface area contributed by atoms with E-state index in [1.807, 2.05) is 46.8 Å². The molecule has 294 valence electrons. The first-order chi connectivity index (χ1) is 25.9. The Labute approximate surface area is 334 Å². The van der Waals surface area contributed by atoms with Gasteiger partial charge in [-0.1, -0.05) is 164 Å². The van der Waals surface area contributed by atoms with Gasteiger partial charge in [0.15, 0.2) is 0 Å². The molecule has 0 bridgehead atoms. The molecule has 0 heterocycles. The Bertz CT molecular complexity index is 1700. The van der Waals surface area contributed by atoms with Gasteiger partial charge in [0.25, 0.3) is 0 Å². The second-order valence-electron chi connectivity index (χ2n) is 12.7. The number of nitrogens with one attached hydrogen (secondary N) is 1. The van der Waals surface area contributed by atoms with Gasteiger partial charge in [0, 0.05) is 11.4 Å². The van der Waals surface area contributed by atoms with Gasteiger partial charge in [-0.3, -0.25) is 0 Å². The van der Waals surface area contributed by atoms with Crippen LogP contribution in [0.15, 0.2) is 167 Å².